The van der Waals surface area contributed by atoms with E-state index in [-0.39, 0.29) is 11.8 Å². The Morgan fingerprint density at radius 3 is 2.46 bits per heavy atom. The van der Waals surface area contributed by atoms with Gasteiger partial charge < -0.3 is 14.7 Å². The van der Waals surface area contributed by atoms with Crippen molar-refractivity contribution in [2.24, 2.45) is 5.92 Å². The van der Waals surface area contributed by atoms with Crippen LogP contribution in [-0.2, 0) is 17.6 Å². The van der Waals surface area contributed by atoms with Gasteiger partial charge in [0.1, 0.15) is 0 Å². The molecule has 0 spiro atoms. The first-order valence-electron chi connectivity index (χ1n) is 9.99. The van der Waals surface area contributed by atoms with Crippen LogP contribution < -0.4 is 0 Å². The molecular weight excluding hydrogens is 346 g/mol. The van der Waals surface area contributed by atoms with E-state index in [0.717, 1.165) is 70.0 Å². The fourth-order valence-electron chi connectivity index (χ4n) is 4.05. The monoisotopic (exact) mass is 377 g/mol. The summed E-state index contributed by atoms with van der Waals surface area (Å²) < 4.78 is 0. The van der Waals surface area contributed by atoms with Crippen LogP contribution in [0.5, 0.6) is 0 Å². The highest BCUT2D eigenvalue weighted by Gasteiger charge is 2.31. The molecule has 2 aliphatic rings. The molecule has 144 valence electrons. The normalized spacial score (nSPS) is 20.7. The third-order valence-corrected chi connectivity index (χ3v) is 7.05. The highest BCUT2D eigenvalue weighted by Crippen LogP contribution is 2.34. The minimum atomic E-state index is 0.0849. The maximum Gasteiger partial charge on any atom is 0.263 e. The van der Waals surface area contributed by atoms with Gasteiger partial charge in [-0.3, -0.25) is 9.59 Å². The van der Waals surface area contributed by atoms with E-state index in [2.05, 4.69) is 22.8 Å². The van der Waals surface area contributed by atoms with Gasteiger partial charge in [-0.2, -0.15) is 0 Å². The number of amides is 2. The highest BCUT2D eigenvalue weighted by molar-refractivity contribution is 7.14. The van der Waals surface area contributed by atoms with E-state index in [0.29, 0.717) is 5.91 Å². The lowest BCUT2D eigenvalue weighted by Crippen LogP contribution is -2.50. The quantitative estimate of drug-likeness (QED) is 0.792. The van der Waals surface area contributed by atoms with Crippen molar-refractivity contribution in [3.63, 3.8) is 0 Å². The molecule has 5 nitrogen and oxygen atoms in total. The zero-order chi connectivity index (χ0) is 18.7. The topological polar surface area (TPSA) is 43.9 Å². The van der Waals surface area contributed by atoms with Gasteiger partial charge in [0.2, 0.25) is 5.91 Å². The molecule has 0 unspecified atom stereocenters. The van der Waals surface area contributed by atoms with Gasteiger partial charge in [-0.25, -0.2) is 0 Å². The number of piperazine rings is 1. The van der Waals surface area contributed by atoms with E-state index >= 15 is 0 Å². The highest BCUT2D eigenvalue weighted by atomic mass is 32.1. The Balaban J connectivity index is 1.64. The molecule has 0 bridgehead atoms. The van der Waals surface area contributed by atoms with Crippen molar-refractivity contribution in [1.82, 2.24) is 14.7 Å². The van der Waals surface area contributed by atoms with E-state index in [9.17, 15) is 9.59 Å². The van der Waals surface area contributed by atoms with Gasteiger partial charge in [0.25, 0.3) is 5.91 Å². The molecular formula is C20H31N3O2S. The maximum absolute atomic E-state index is 12.9. The number of thiophene rings is 1. The number of fused-ring (bicyclic) bond motifs is 1. The molecule has 1 aromatic heterocycles. The van der Waals surface area contributed by atoms with E-state index in [1.54, 1.807) is 11.3 Å². The second-order valence-corrected chi connectivity index (χ2v) is 8.37. The summed E-state index contributed by atoms with van der Waals surface area (Å²) in [6.45, 7) is 12.4. The minimum absolute atomic E-state index is 0.0849. The average Bonchev–Trinajstić information content (AvgIpc) is 3.11. The molecule has 0 aromatic carbocycles. The molecule has 1 atom stereocenters. The lowest BCUT2D eigenvalue weighted by Gasteiger charge is -2.36. The Kier molecular flexibility index (Phi) is 6.35. The van der Waals surface area contributed by atoms with Crippen molar-refractivity contribution in [1.29, 1.82) is 0 Å². The van der Waals surface area contributed by atoms with Crippen molar-refractivity contribution >= 4 is 23.2 Å². The molecule has 0 radical (unpaired) electrons. The standard InChI is InChI=1S/C20H31N3O2S/c1-4-21-9-11-23(12-10-21)19(24)15-7-8-17-16(13-15)14-18(26-17)20(25)22(5-2)6-3/h14-15H,4-13H2,1-3H3/t15-/m0/s1. The molecule has 6 heteroatoms. The summed E-state index contributed by atoms with van der Waals surface area (Å²) in [4.78, 5) is 34.0. The van der Waals surface area contributed by atoms with Gasteiger partial charge in [-0.1, -0.05) is 6.92 Å². The second-order valence-electron chi connectivity index (χ2n) is 7.24. The van der Waals surface area contributed by atoms with Crippen molar-refractivity contribution in [3.05, 3.63) is 21.4 Å². The van der Waals surface area contributed by atoms with Crippen molar-refractivity contribution < 1.29 is 9.59 Å². The Labute approximate surface area is 161 Å². The molecule has 1 saturated heterocycles. The zero-order valence-electron chi connectivity index (χ0n) is 16.3. The number of carbonyl (C=O) groups excluding carboxylic acids is 2. The first-order chi connectivity index (χ1) is 12.6. The summed E-state index contributed by atoms with van der Waals surface area (Å²) in [5, 5.41) is 0. The third-order valence-electron chi connectivity index (χ3n) is 5.82. The molecule has 1 fully saturated rings. The number of likely N-dealkylation sites (N-methyl/N-ethyl adjacent to an activating group) is 1. The maximum atomic E-state index is 12.9. The van der Waals surface area contributed by atoms with Crippen LogP contribution in [0, 0.1) is 5.92 Å². The Morgan fingerprint density at radius 2 is 1.85 bits per heavy atom. The fraction of sp³-hybridized carbons (Fsp3) is 0.700. The second kappa shape index (κ2) is 8.53. The van der Waals surface area contributed by atoms with Gasteiger partial charge in [0, 0.05) is 50.1 Å². The van der Waals surface area contributed by atoms with E-state index in [4.69, 9.17) is 0 Å². The molecule has 2 amide bonds. The molecule has 26 heavy (non-hydrogen) atoms. The van der Waals surface area contributed by atoms with Crippen LogP contribution in [-0.4, -0.2) is 72.3 Å². The largest absolute Gasteiger partial charge is 0.340 e. The summed E-state index contributed by atoms with van der Waals surface area (Å²) in [5.74, 6) is 0.531. The third kappa shape index (κ3) is 3.96. The Hall–Kier alpha value is -1.40. The van der Waals surface area contributed by atoms with E-state index in [1.807, 2.05) is 18.7 Å². The Morgan fingerprint density at radius 1 is 1.15 bits per heavy atom. The first-order valence-corrected chi connectivity index (χ1v) is 10.8. The number of hydrogen-bond donors (Lipinski definition) is 0. The van der Waals surface area contributed by atoms with Crippen molar-refractivity contribution in [2.45, 2.75) is 40.0 Å². The first kappa shape index (κ1) is 19.4. The fourth-order valence-corrected chi connectivity index (χ4v) is 5.23. The van der Waals surface area contributed by atoms with Crippen LogP contribution in [0.4, 0.5) is 0 Å². The lowest BCUT2D eigenvalue weighted by molar-refractivity contribution is -0.137. The molecule has 0 N–H and O–H groups in total. The van der Waals surface area contributed by atoms with E-state index in [1.165, 1.54) is 10.4 Å². The predicted molar refractivity (Wildman–Crippen MR) is 106 cm³/mol. The van der Waals surface area contributed by atoms with Gasteiger partial charge in [0.05, 0.1) is 4.88 Å². The van der Waals surface area contributed by atoms with Crippen LogP contribution in [0.3, 0.4) is 0 Å². The Bertz CT molecular complexity index is 645. The molecule has 1 aliphatic carbocycles. The number of rotatable bonds is 5. The summed E-state index contributed by atoms with van der Waals surface area (Å²) in [5.41, 5.74) is 1.22. The van der Waals surface area contributed by atoms with Crippen molar-refractivity contribution in [3.8, 4) is 0 Å². The van der Waals surface area contributed by atoms with Crippen LogP contribution >= 0.6 is 11.3 Å². The van der Waals surface area contributed by atoms with Gasteiger partial charge in [0.15, 0.2) is 0 Å². The lowest BCUT2D eigenvalue weighted by atomic mass is 9.87. The number of aryl methyl sites for hydroxylation is 1. The SMILES string of the molecule is CCN1CCN(C(=O)[C@H]2CCc3sc(C(=O)N(CC)CC)cc3C2)CC1. The minimum Gasteiger partial charge on any atom is -0.340 e. The van der Waals surface area contributed by atoms with Crippen molar-refractivity contribution in [2.75, 3.05) is 45.8 Å². The summed E-state index contributed by atoms with van der Waals surface area (Å²) in [6, 6.07) is 2.05. The molecule has 2 heterocycles. The van der Waals surface area contributed by atoms with E-state index < -0.39 is 0 Å². The number of carbonyl (C=O) groups is 2. The number of hydrogen-bond acceptors (Lipinski definition) is 4. The summed E-state index contributed by atoms with van der Waals surface area (Å²) in [6.07, 6.45) is 2.64. The summed E-state index contributed by atoms with van der Waals surface area (Å²) >= 11 is 1.63. The van der Waals surface area contributed by atoms with Crippen LogP contribution in [0.15, 0.2) is 6.07 Å². The molecule has 1 aliphatic heterocycles. The van der Waals surface area contributed by atoms with Crippen LogP contribution in [0.1, 0.15) is 47.3 Å². The number of nitrogens with zero attached hydrogens (tertiary/aromatic N) is 3. The summed E-state index contributed by atoms with van der Waals surface area (Å²) in [7, 11) is 0. The smallest absolute Gasteiger partial charge is 0.263 e. The van der Waals surface area contributed by atoms with Crippen LogP contribution in [0.2, 0.25) is 0 Å². The average molecular weight is 378 g/mol. The van der Waals surface area contributed by atoms with Crippen LogP contribution in [0.25, 0.3) is 0 Å². The zero-order valence-corrected chi connectivity index (χ0v) is 17.1. The predicted octanol–water partition coefficient (Wildman–Crippen LogP) is 2.50. The molecule has 0 saturated carbocycles. The van der Waals surface area contributed by atoms with Gasteiger partial charge >= 0.3 is 0 Å². The van der Waals surface area contributed by atoms with Gasteiger partial charge in [-0.15, -0.1) is 11.3 Å². The molecule has 1 aromatic rings. The molecule has 3 rings (SSSR count). The van der Waals surface area contributed by atoms with Gasteiger partial charge in [-0.05, 0) is 51.3 Å².